The van der Waals surface area contributed by atoms with E-state index in [1.54, 1.807) is 30.5 Å². The van der Waals surface area contributed by atoms with Crippen LogP contribution in [-0.2, 0) is 15.7 Å². The molecule has 1 unspecified atom stereocenters. The maximum absolute atomic E-state index is 14.2. The first-order valence-corrected chi connectivity index (χ1v) is 13.4. The summed E-state index contributed by atoms with van der Waals surface area (Å²) in [5, 5.41) is 1.02. The van der Waals surface area contributed by atoms with Crippen molar-refractivity contribution in [1.82, 2.24) is 15.0 Å². The van der Waals surface area contributed by atoms with Gasteiger partial charge in [-0.25, -0.2) is 27.9 Å². The van der Waals surface area contributed by atoms with Crippen LogP contribution in [0.5, 0.6) is 0 Å². The number of morpholine rings is 1. The lowest BCUT2D eigenvalue weighted by Crippen LogP contribution is -2.36. The lowest BCUT2D eigenvalue weighted by atomic mass is 10.1. The van der Waals surface area contributed by atoms with E-state index in [0.29, 0.717) is 48.1 Å². The summed E-state index contributed by atoms with van der Waals surface area (Å²) in [5.41, 5.74) is 1.84. The lowest BCUT2D eigenvalue weighted by molar-refractivity contribution is 0.122. The van der Waals surface area contributed by atoms with E-state index in [-0.39, 0.29) is 16.0 Å². The number of thiazole rings is 1. The summed E-state index contributed by atoms with van der Waals surface area (Å²) in [6.45, 7) is 2.53. The van der Waals surface area contributed by atoms with Crippen LogP contribution in [0.4, 0.5) is 19.6 Å². The third kappa shape index (κ3) is 5.07. The van der Waals surface area contributed by atoms with E-state index in [2.05, 4.69) is 19.6 Å². The van der Waals surface area contributed by atoms with Crippen molar-refractivity contribution in [2.75, 3.05) is 35.9 Å². The summed E-state index contributed by atoms with van der Waals surface area (Å²) in [6, 6.07) is 10.0. The van der Waals surface area contributed by atoms with Gasteiger partial charge in [-0.05, 0) is 35.9 Å². The van der Waals surface area contributed by atoms with Gasteiger partial charge in [0.25, 0.3) is 0 Å². The predicted octanol–water partition coefficient (Wildman–Crippen LogP) is 5.82. The maximum Gasteiger partial charge on any atom is 0.222 e. The monoisotopic (exact) mass is 567 g/mol. The van der Waals surface area contributed by atoms with Crippen molar-refractivity contribution in [3.05, 3.63) is 70.6 Å². The zero-order valence-electron chi connectivity index (χ0n) is 18.4. The fraction of sp³-hybridized carbons (Fsp3) is 0.174. The average molecular weight is 568 g/mol. The van der Waals surface area contributed by atoms with Gasteiger partial charge in [-0.3, -0.25) is 4.72 Å². The summed E-state index contributed by atoms with van der Waals surface area (Å²) in [6.07, 6.45) is 1.55. The highest BCUT2D eigenvalue weighted by molar-refractivity contribution is 7.86. The molecule has 186 valence electrons. The highest BCUT2D eigenvalue weighted by Gasteiger charge is 2.24. The zero-order valence-corrected chi connectivity index (χ0v) is 21.5. The van der Waals surface area contributed by atoms with Gasteiger partial charge < -0.3 is 9.64 Å². The second-order valence-corrected chi connectivity index (χ2v) is 10.4. The molecule has 36 heavy (non-hydrogen) atoms. The van der Waals surface area contributed by atoms with Crippen LogP contribution in [-0.4, -0.2) is 45.5 Å². The summed E-state index contributed by atoms with van der Waals surface area (Å²) in [4.78, 5) is 15.4. The molecule has 7 nitrogen and oxygen atoms in total. The van der Waals surface area contributed by atoms with Crippen LogP contribution in [0, 0.1) is 11.6 Å². The van der Waals surface area contributed by atoms with Crippen molar-refractivity contribution in [1.29, 1.82) is 0 Å². The molecular formula is C23H17Cl2F2N5O2S2. The molecule has 1 aliphatic rings. The Morgan fingerprint density at radius 3 is 2.47 bits per heavy atom. The number of benzene rings is 2. The molecular weight excluding hydrogens is 551 g/mol. The average Bonchev–Trinajstić information content (AvgIpc) is 3.31. The standard InChI is InChI=1S/C23H17Cl2F2N5O2S2/c24-18-13(3-1-6-16(18)31-36(33)21-14(26)4-2-5-15(21)27)19-20(17-7-8-28-22(25)29-17)35-23(30-19)32-9-11-34-12-10-32/h1-8,31H,9-12H2. The Morgan fingerprint density at radius 2 is 1.75 bits per heavy atom. The van der Waals surface area contributed by atoms with Crippen molar-refractivity contribution in [2.24, 2.45) is 0 Å². The Hall–Kier alpha value is -2.70. The third-order valence-electron chi connectivity index (χ3n) is 5.32. The van der Waals surface area contributed by atoms with Crippen LogP contribution in [0.3, 0.4) is 0 Å². The summed E-state index contributed by atoms with van der Waals surface area (Å²) in [7, 11) is -2.24. The molecule has 4 aromatic rings. The minimum absolute atomic E-state index is 0.0867. The molecule has 1 N–H and O–H groups in total. The highest BCUT2D eigenvalue weighted by atomic mass is 35.5. The van der Waals surface area contributed by atoms with E-state index in [4.69, 9.17) is 32.9 Å². The second-order valence-electron chi connectivity index (χ2n) is 7.57. The summed E-state index contributed by atoms with van der Waals surface area (Å²) in [5.74, 6) is -1.85. The Kier molecular flexibility index (Phi) is 7.44. The van der Waals surface area contributed by atoms with Crippen molar-refractivity contribution < 1.29 is 17.7 Å². The first-order chi connectivity index (χ1) is 17.4. The maximum atomic E-state index is 14.2. The molecule has 0 aliphatic carbocycles. The van der Waals surface area contributed by atoms with Crippen LogP contribution in [0.2, 0.25) is 10.3 Å². The minimum atomic E-state index is -2.24. The number of hydrogen-bond donors (Lipinski definition) is 1. The minimum Gasteiger partial charge on any atom is -0.378 e. The van der Waals surface area contributed by atoms with E-state index in [0.717, 1.165) is 17.3 Å². The van der Waals surface area contributed by atoms with Gasteiger partial charge in [0, 0.05) is 24.8 Å². The number of ether oxygens (including phenoxy) is 1. The molecule has 0 spiro atoms. The van der Waals surface area contributed by atoms with Crippen molar-refractivity contribution >= 4 is 56.3 Å². The van der Waals surface area contributed by atoms with Gasteiger partial charge >= 0.3 is 0 Å². The molecule has 1 atom stereocenters. The van der Waals surface area contributed by atoms with Crippen LogP contribution in [0.25, 0.3) is 21.8 Å². The molecule has 2 aromatic heterocycles. The van der Waals surface area contributed by atoms with Crippen LogP contribution >= 0.6 is 34.5 Å². The Bertz CT molecular complexity index is 1430. The molecule has 1 fully saturated rings. The van der Waals surface area contributed by atoms with Crippen molar-refractivity contribution in [3.8, 4) is 21.8 Å². The number of rotatable bonds is 6. The predicted molar refractivity (Wildman–Crippen MR) is 138 cm³/mol. The number of aromatic nitrogens is 3. The van der Waals surface area contributed by atoms with Gasteiger partial charge in [0.15, 0.2) is 16.1 Å². The highest BCUT2D eigenvalue weighted by Crippen LogP contribution is 2.44. The number of nitrogens with zero attached hydrogens (tertiary/aromatic N) is 4. The van der Waals surface area contributed by atoms with Gasteiger partial charge in [0.2, 0.25) is 5.28 Å². The van der Waals surface area contributed by atoms with Crippen molar-refractivity contribution in [3.63, 3.8) is 0 Å². The number of hydrogen-bond acceptors (Lipinski definition) is 7. The van der Waals surface area contributed by atoms with E-state index < -0.39 is 27.5 Å². The number of halogens is 4. The van der Waals surface area contributed by atoms with E-state index in [1.165, 1.54) is 17.4 Å². The molecule has 1 aliphatic heterocycles. The largest absolute Gasteiger partial charge is 0.378 e. The Balaban J connectivity index is 1.57. The molecule has 13 heteroatoms. The zero-order chi connectivity index (χ0) is 25.2. The smallest absolute Gasteiger partial charge is 0.222 e. The fourth-order valence-corrected chi connectivity index (χ4v) is 6.15. The van der Waals surface area contributed by atoms with Gasteiger partial charge in [0.1, 0.15) is 16.5 Å². The molecule has 3 heterocycles. The van der Waals surface area contributed by atoms with E-state index in [9.17, 15) is 13.0 Å². The molecule has 5 rings (SSSR count). The Labute approximate surface area is 221 Å². The molecule has 0 amide bonds. The second kappa shape index (κ2) is 10.7. The van der Waals surface area contributed by atoms with Crippen LogP contribution < -0.4 is 9.62 Å². The lowest BCUT2D eigenvalue weighted by Gasteiger charge is -2.26. The summed E-state index contributed by atoms with van der Waals surface area (Å²) < 4.78 is 49.2. The topological polar surface area (TPSA) is 80.2 Å². The van der Waals surface area contributed by atoms with E-state index in [1.807, 2.05) is 0 Å². The van der Waals surface area contributed by atoms with Gasteiger partial charge in [0.05, 0.1) is 40.2 Å². The quantitative estimate of drug-likeness (QED) is 0.295. The molecule has 0 radical (unpaired) electrons. The van der Waals surface area contributed by atoms with E-state index >= 15 is 0 Å². The first kappa shape index (κ1) is 25.0. The van der Waals surface area contributed by atoms with Crippen LogP contribution in [0.1, 0.15) is 0 Å². The van der Waals surface area contributed by atoms with Crippen LogP contribution in [0.15, 0.2) is 53.6 Å². The summed E-state index contributed by atoms with van der Waals surface area (Å²) >= 11 is 14.2. The SMILES string of the molecule is O=S(Nc1cccc(-c2nc(N3CCOCC3)sc2-c2ccnc(Cl)n2)c1Cl)c1c(F)cccc1F. The molecule has 2 aromatic carbocycles. The molecule has 0 bridgehead atoms. The van der Waals surface area contributed by atoms with Gasteiger partial charge in [-0.1, -0.05) is 41.1 Å². The molecule has 0 saturated carbocycles. The fourth-order valence-electron chi connectivity index (χ4n) is 3.62. The van der Waals surface area contributed by atoms with Gasteiger partial charge in [-0.2, -0.15) is 0 Å². The first-order valence-electron chi connectivity index (χ1n) is 10.7. The number of anilines is 2. The molecule has 1 saturated heterocycles. The number of nitrogens with one attached hydrogen (secondary N) is 1. The Morgan fingerprint density at radius 1 is 1.03 bits per heavy atom. The normalized spacial score (nSPS) is 14.6. The van der Waals surface area contributed by atoms with Crippen molar-refractivity contribution in [2.45, 2.75) is 4.90 Å². The van der Waals surface area contributed by atoms with Gasteiger partial charge in [-0.15, -0.1) is 0 Å². The third-order valence-corrected chi connectivity index (χ3v) is 8.21.